The van der Waals surface area contributed by atoms with Crippen molar-refractivity contribution in [2.75, 3.05) is 5.75 Å². The van der Waals surface area contributed by atoms with Crippen molar-refractivity contribution in [3.8, 4) is 0 Å². The molecule has 0 spiro atoms. The lowest BCUT2D eigenvalue weighted by molar-refractivity contribution is 0.181. The molecule has 0 fully saturated rings. The van der Waals surface area contributed by atoms with Crippen molar-refractivity contribution in [2.45, 2.75) is 16.7 Å². The van der Waals surface area contributed by atoms with Crippen molar-refractivity contribution in [3.05, 3.63) is 33.8 Å². The number of alkyl halides is 2. The molecule has 1 aromatic rings. The van der Waals surface area contributed by atoms with Crippen LogP contribution in [0.1, 0.15) is 18.6 Å². The monoisotopic (exact) mass is 350 g/mol. The zero-order valence-electron chi connectivity index (χ0n) is 9.20. The van der Waals surface area contributed by atoms with Crippen LogP contribution in [0.15, 0.2) is 18.2 Å². The molecule has 3 nitrogen and oxygen atoms in total. The van der Waals surface area contributed by atoms with Gasteiger partial charge >= 0.3 is 0 Å². The Labute approximate surface area is 126 Å². The van der Waals surface area contributed by atoms with E-state index in [4.69, 9.17) is 46.4 Å². The Balaban J connectivity index is 3.26. The van der Waals surface area contributed by atoms with Crippen molar-refractivity contribution in [3.63, 3.8) is 0 Å². The molecule has 1 atom stereocenters. The van der Waals surface area contributed by atoms with Crippen LogP contribution in [0.3, 0.4) is 0 Å². The summed E-state index contributed by atoms with van der Waals surface area (Å²) in [6.07, 6.45) is -1.67. The van der Waals surface area contributed by atoms with Crippen molar-refractivity contribution in [1.82, 2.24) is 0 Å². The van der Waals surface area contributed by atoms with Crippen LogP contribution in [0.25, 0.3) is 0 Å². The topological polar surface area (TPSA) is 54.4 Å². The molecule has 0 aromatic heterocycles. The molecule has 0 aliphatic heterocycles. The van der Waals surface area contributed by atoms with Crippen LogP contribution >= 0.6 is 46.4 Å². The van der Waals surface area contributed by atoms with E-state index in [9.17, 15) is 13.5 Å². The molecule has 0 bridgehead atoms. The van der Waals surface area contributed by atoms with Gasteiger partial charge in [-0.05, 0) is 12.1 Å². The molecule has 1 N–H and O–H groups in total. The Morgan fingerprint density at radius 2 is 1.89 bits per heavy atom. The standard InChI is InChI=1S/C10H10Cl4O3S/c1-2-18(16,17)10(13,14)9(15)7-4-3-6(11)5-8(7)12/h3-5,9,15H,2H2,1H3/t9-/m1/s1. The van der Waals surface area contributed by atoms with Gasteiger partial charge < -0.3 is 5.11 Å². The number of aliphatic hydroxyl groups is 1. The predicted molar refractivity (Wildman–Crippen MR) is 75.3 cm³/mol. The van der Waals surface area contributed by atoms with E-state index in [1.165, 1.54) is 25.1 Å². The average molecular weight is 352 g/mol. The van der Waals surface area contributed by atoms with Crippen LogP contribution in [0.5, 0.6) is 0 Å². The van der Waals surface area contributed by atoms with Crippen molar-refractivity contribution in [1.29, 1.82) is 0 Å². The maximum atomic E-state index is 11.7. The highest BCUT2D eigenvalue weighted by Crippen LogP contribution is 2.43. The Morgan fingerprint density at radius 3 is 2.33 bits per heavy atom. The smallest absolute Gasteiger partial charge is 0.247 e. The number of halogens is 4. The number of hydrogen-bond acceptors (Lipinski definition) is 3. The maximum absolute atomic E-state index is 11.7. The van der Waals surface area contributed by atoms with Gasteiger partial charge in [-0.3, -0.25) is 0 Å². The first-order valence-corrected chi connectivity index (χ1v) is 8.03. The zero-order chi connectivity index (χ0) is 14.1. The summed E-state index contributed by atoms with van der Waals surface area (Å²) in [6, 6.07) is 4.19. The van der Waals surface area contributed by atoms with Gasteiger partial charge in [-0.15, -0.1) is 0 Å². The second kappa shape index (κ2) is 5.73. The van der Waals surface area contributed by atoms with Gasteiger partial charge in [0.2, 0.25) is 3.67 Å². The largest absolute Gasteiger partial charge is 0.384 e. The van der Waals surface area contributed by atoms with Crippen LogP contribution in [-0.4, -0.2) is 22.9 Å². The SMILES string of the molecule is CCS(=O)(=O)C(Cl)(Cl)[C@H](O)c1ccc(Cl)cc1Cl. The fourth-order valence-electron chi connectivity index (χ4n) is 1.27. The summed E-state index contributed by atoms with van der Waals surface area (Å²) in [5, 5.41) is 10.5. The molecule has 0 unspecified atom stereocenters. The highest BCUT2D eigenvalue weighted by Gasteiger charge is 2.47. The van der Waals surface area contributed by atoms with E-state index < -0.39 is 19.6 Å². The predicted octanol–water partition coefficient (Wildman–Crippen LogP) is 3.59. The van der Waals surface area contributed by atoms with E-state index in [2.05, 4.69) is 0 Å². The molecule has 0 heterocycles. The summed E-state index contributed by atoms with van der Waals surface area (Å²) >= 11 is 23.1. The van der Waals surface area contributed by atoms with Crippen LogP contribution < -0.4 is 0 Å². The van der Waals surface area contributed by atoms with E-state index >= 15 is 0 Å². The van der Waals surface area contributed by atoms with Gasteiger partial charge in [-0.1, -0.05) is 59.4 Å². The van der Waals surface area contributed by atoms with Gasteiger partial charge in [-0.25, -0.2) is 8.42 Å². The summed E-state index contributed by atoms with van der Waals surface area (Å²) in [6.45, 7) is 1.38. The third-order valence-corrected chi connectivity index (χ3v) is 6.57. The summed E-state index contributed by atoms with van der Waals surface area (Å²) in [7, 11) is -3.88. The summed E-state index contributed by atoms with van der Waals surface area (Å²) in [4.78, 5) is 0. The molecular weight excluding hydrogens is 342 g/mol. The molecule has 0 amide bonds. The lowest BCUT2D eigenvalue weighted by atomic mass is 10.1. The number of sulfone groups is 1. The van der Waals surface area contributed by atoms with E-state index in [0.29, 0.717) is 5.02 Å². The summed E-state index contributed by atoms with van der Waals surface area (Å²) < 4.78 is 21.1. The quantitative estimate of drug-likeness (QED) is 0.843. The summed E-state index contributed by atoms with van der Waals surface area (Å²) in [5.41, 5.74) is 0.100. The molecule has 1 rings (SSSR count). The van der Waals surface area contributed by atoms with Crippen molar-refractivity contribution < 1.29 is 13.5 Å². The second-order valence-corrected chi connectivity index (χ2v) is 8.66. The fourth-order valence-corrected chi connectivity index (χ4v) is 3.52. The van der Waals surface area contributed by atoms with Gasteiger partial charge in [0.25, 0.3) is 0 Å². The zero-order valence-corrected chi connectivity index (χ0v) is 13.0. The Kier molecular flexibility index (Phi) is 5.21. The third-order valence-electron chi connectivity index (χ3n) is 2.37. The summed E-state index contributed by atoms with van der Waals surface area (Å²) in [5.74, 6) is -0.303. The average Bonchev–Trinajstić information content (AvgIpc) is 2.28. The molecule has 1 aromatic carbocycles. The van der Waals surface area contributed by atoms with Gasteiger partial charge in [-0.2, -0.15) is 0 Å². The van der Waals surface area contributed by atoms with Crippen LogP contribution in [0, 0.1) is 0 Å². The van der Waals surface area contributed by atoms with Gasteiger partial charge in [0.1, 0.15) is 6.10 Å². The molecule has 18 heavy (non-hydrogen) atoms. The number of benzene rings is 1. The van der Waals surface area contributed by atoms with Crippen LogP contribution in [0.4, 0.5) is 0 Å². The van der Waals surface area contributed by atoms with Gasteiger partial charge in [0.05, 0.1) is 5.75 Å². The molecular formula is C10H10Cl4O3S. The second-order valence-electron chi connectivity index (χ2n) is 3.53. The normalized spacial score (nSPS) is 14.6. The van der Waals surface area contributed by atoms with E-state index in [-0.39, 0.29) is 16.3 Å². The first-order chi connectivity index (χ1) is 8.13. The Bertz CT molecular complexity index is 542. The molecule has 0 saturated heterocycles. The lowest BCUT2D eigenvalue weighted by Crippen LogP contribution is -2.35. The van der Waals surface area contributed by atoms with Crippen molar-refractivity contribution >= 4 is 56.2 Å². The van der Waals surface area contributed by atoms with E-state index in [1.54, 1.807) is 0 Å². The first kappa shape index (κ1) is 16.3. The number of hydrogen-bond donors (Lipinski definition) is 1. The highest BCUT2D eigenvalue weighted by molar-refractivity contribution is 7.95. The lowest BCUT2D eigenvalue weighted by Gasteiger charge is -2.26. The van der Waals surface area contributed by atoms with Crippen molar-refractivity contribution in [2.24, 2.45) is 0 Å². The Morgan fingerprint density at radius 1 is 1.33 bits per heavy atom. The Hall–Kier alpha value is 0.290. The molecule has 0 aliphatic carbocycles. The fraction of sp³-hybridized carbons (Fsp3) is 0.400. The minimum atomic E-state index is -3.88. The molecule has 0 radical (unpaired) electrons. The minimum Gasteiger partial charge on any atom is -0.384 e. The van der Waals surface area contributed by atoms with E-state index in [0.717, 1.165) is 0 Å². The van der Waals surface area contributed by atoms with Gasteiger partial charge in [0, 0.05) is 15.6 Å². The van der Waals surface area contributed by atoms with Crippen LogP contribution in [0.2, 0.25) is 10.0 Å². The van der Waals surface area contributed by atoms with E-state index in [1.807, 2.05) is 0 Å². The number of aliphatic hydroxyl groups excluding tert-OH is 1. The molecule has 0 saturated carbocycles. The molecule has 102 valence electrons. The number of rotatable bonds is 4. The highest BCUT2D eigenvalue weighted by atomic mass is 35.5. The third kappa shape index (κ3) is 3.06. The first-order valence-electron chi connectivity index (χ1n) is 4.86. The minimum absolute atomic E-state index is 0.0898. The van der Waals surface area contributed by atoms with Gasteiger partial charge in [0.15, 0.2) is 9.84 Å². The maximum Gasteiger partial charge on any atom is 0.247 e. The van der Waals surface area contributed by atoms with Crippen LogP contribution in [-0.2, 0) is 9.84 Å². The molecule has 0 aliphatic rings. The molecule has 8 heteroatoms.